The number of hydrogen-bond acceptors (Lipinski definition) is 4. The van der Waals surface area contributed by atoms with Crippen LogP contribution in [0.5, 0.6) is 0 Å². The first kappa shape index (κ1) is 8.63. The molecule has 5 heteroatoms. The highest BCUT2D eigenvalue weighted by molar-refractivity contribution is 5.29. The van der Waals surface area contributed by atoms with E-state index >= 15 is 0 Å². The Balaban J connectivity index is 2.57. The van der Waals surface area contributed by atoms with E-state index in [1.54, 1.807) is 16.9 Å². The largest absolute Gasteiger partial charge is 0.252 e. The molecule has 0 aliphatic heterocycles. The van der Waals surface area contributed by atoms with Gasteiger partial charge >= 0.3 is 0 Å². The molecule has 0 N–H and O–H groups in total. The van der Waals surface area contributed by atoms with Crippen molar-refractivity contribution in [3.8, 4) is 6.07 Å². The highest BCUT2D eigenvalue weighted by Gasteiger charge is 2.07. The van der Waals surface area contributed by atoms with Crippen molar-refractivity contribution in [1.82, 2.24) is 19.6 Å². The second-order valence-corrected chi connectivity index (χ2v) is 3.14. The Kier molecular flexibility index (Phi) is 1.89. The van der Waals surface area contributed by atoms with Gasteiger partial charge < -0.3 is 0 Å². The first-order chi connectivity index (χ1) is 6.70. The van der Waals surface area contributed by atoms with Gasteiger partial charge in [0.25, 0.3) is 5.78 Å². The number of aryl methyl sites for hydroxylation is 1. The first-order valence-electron chi connectivity index (χ1n) is 4.29. The van der Waals surface area contributed by atoms with Gasteiger partial charge in [-0.15, -0.1) is 0 Å². The van der Waals surface area contributed by atoms with Crippen molar-refractivity contribution in [2.45, 2.75) is 19.8 Å². The van der Waals surface area contributed by atoms with Gasteiger partial charge in [-0.1, -0.05) is 0 Å². The Morgan fingerprint density at radius 3 is 3.07 bits per heavy atom. The first-order valence-corrected chi connectivity index (χ1v) is 4.29. The molecule has 0 amide bonds. The molecule has 2 rings (SSSR count). The van der Waals surface area contributed by atoms with Gasteiger partial charge in [-0.25, -0.2) is 9.50 Å². The van der Waals surface area contributed by atoms with E-state index in [1.165, 1.54) is 0 Å². The van der Waals surface area contributed by atoms with Crippen molar-refractivity contribution in [2.75, 3.05) is 0 Å². The topological polar surface area (TPSA) is 66.9 Å². The van der Waals surface area contributed by atoms with Crippen molar-refractivity contribution in [3.05, 3.63) is 23.8 Å². The maximum atomic E-state index is 8.74. The SMILES string of the molecule is Cc1nc2ncc(C(C)C#N)cn2n1. The fourth-order valence-electron chi connectivity index (χ4n) is 1.20. The number of nitrogens with zero attached hydrogens (tertiary/aromatic N) is 5. The molecule has 0 radical (unpaired) electrons. The van der Waals surface area contributed by atoms with Gasteiger partial charge in [-0.2, -0.15) is 15.3 Å². The molecule has 0 aliphatic rings. The van der Waals surface area contributed by atoms with Gasteiger partial charge in [0.1, 0.15) is 5.82 Å². The predicted octanol–water partition coefficient (Wildman–Crippen LogP) is 1.06. The lowest BCUT2D eigenvalue weighted by atomic mass is 10.1. The van der Waals surface area contributed by atoms with Crippen LogP contribution in [0.3, 0.4) is 0 Å². The molecule has 0 bridgehead atoms. The summed E-state index contributed by atoms with van der Waals surface area (Å²) in [6, 6.07) is 2.15. The summed E-state index contributed by atoms with van der Waals surface area (Å²) in [5.41, 5.74) is 0.852. The van der Waals surface area contributed by atoms with Crippen LogP contribution in [0.2, 0.25) is 0 Å². The fraction of sp³-hybridized carbons (Fsp3) is 0.333. The van der Waals surface area contributed by atoms with Crippen LogP contribution in [0, 0.1) is 18.3 Å². The number of fused-ring (bicyclic) bond motifs is 1. The van der Waals surface area contributed by atoms with Crippen LogP contribution in [0.4, 0.5) is 0 Å². The highest BCUT2D eigenvalue weighted by atomic mass is 15.3. The smallest absolute Gasteiger partial charge is 0.219 e. The molecule has 0 spiro atoms. The Hall–Kier alpha value is -1.96. The standard InChI is InChI=1S/C9H9N5/c1-6(3-10)8-4-11-9-12-7(2)13-14(9)5-8/h4-6H,1-2H3. The summed E-state index contributed by atoms with van der Waals surface area (Å²) in [6.45, 7) is 3.63. The second-order valence-electron chi connectivity index (χ2n) is 3.14. The molecule has 2 heterocycles. The van der Waals surface area contributed by atoms with Crippen molar-refractivity contribution >= 4 is 5.78 Å². The summed E-state index contributed by atoms with van der Waals surface area (Å²) in [5.74, 6) is 1.08. The lowest BCUT2D eigenvalue weighted by Crippen LogP contribution is -1.97. The highest BCUT2D eigenvalue weighted by Crippen LogP contribution is 2.12. The summed E-state index contributed by atoms with van der Waals surface area (Å²) in [7, 11) is 0. The maximum Gasteiger partial charge on any atom is 0.252 e. The van der Waals surface area contributed by atoms with E-state index in [-0.39, 0.29) is 5.92 Å². The van der Waals surface area contributed by atoms with Crippen LogP contribution in [0.25, 0.3) is 5.78 Å². The minimum absolute atomic E-state index is 0.170. The predicted molar refractivity (Wildman–Crippen MR) is 49.5 cm³/mol. The number of rotatable bonds is 1. The zero-order valence-electron chi connectivity index (χ0n) is 7.97. The van der Waals surface area contributed by atoms with Gasteiger partial charge in [0.05, 0.1) is 12.0 Å². The van der Waals surface area contributed by atoms with E-state index in [9.17, 15) is 0 Å². The molecule has 70 valence electrons. The minimum atomic E-state index is -0.170. The summed E-state index contributed by atoms with van der Waals surface area (Å²) < 4.78 is 1.60. The Bertz CT molecular complexity index is 507. The zero-order chi connectivity index (χ0) is 10.1. The van der Waals surface area contributed by atoms with E-state index in [4.69, 9.17) is 5.26 Å². The molecule has 0 saturated carbocycles. The minimum Gasteiger partial charge on any atom is -0.219 e. The van der Waals surface area contributed by atoms with Gasteiger partial charge in [0.15, 0.2) is 0 Å². The molecule has 0 aliphatic carbocycles. The quantitative estimate of drug-likeness (QED) is 0.669. The molecule has 5 nitrogen and oxygen atoms in total. The number of aromatic nitrogens is 4. The molecule has 1 unspecified atom stereocenters. The van der Waals surface area contributed by atoms with Gasteiger partial charge in [-0.05, 0) is 13.8 Å². The van der Waals surface area contributed by atoms with E-state index in [0.29, 0.717) is 11.6 Å². The fourth-order valence-corrected chi connectivity index (χ4v) is 1.20. The van der Waals surface area contributed by atoms with Crippen LogP contribution in [-0.4, -0.2) is 19.6 Å². The Morgan fingerprint density at radius 1 is 1.57 bits per heavy atom. The molecule has 1 atom stereocenters. The lowest BCUT2D eigenvalue weighted by molar-refractivity contribution is 0.869. The summed E-state index contributed by atoms with van der Waals surface area (Å²) in [5, 5.41) is 12.9. The van der Waals surface area contributed by atoms with Crippen LogP contribution in [0.1, 0.15) is 24.2 Å². The molecule has 0 saturated heterocycles. The summed E-state index contributed by atoms with van der Waals surface area (Å²) in [4.78, 5) is 8.21. The maximum absolute atomic E-state index is 8.74. The van der Waals surface area contributed by atoms with Gasteiger partial charge in [0, 0.05) is 18.0 Å². The normalized spacial score (nSPS) is 12.6. The molecule has 2 aromatic rings. The van der Waals surface area contributed by atoms with E-state index < -0.39 is 0 Å². The van der Waals surface area contributed by atoms with Crippen LogP contribution < -0.4 is 0 Å². The second kappa shape index (κ2) is 3.07. The third-order valence-corrected chi connectivity index (χ3v) is 2.01. The Labute approximate surface area is 81.0 Å². The molecule has 0 aromatic carbocycles. The molecule has 2 aromatic heterocycles. The van der Waals surface area contributed by atoms with Crippen LogP contribution in [0.15, 0.2) is 12.4 Å². The van der Waals surface area contributed by atoms with Gasteiger partial charge in [-0.3, -0.25) is 0 Å². The summed E-state index contributed by atoms with van der Waals surface area (Å²) >= 11 is 0. The molecular formula is C9H9N5. The van der Waals surface area contributed by atoms with E-state index in [0.717, 1.165) is 5.56 Å². The summed E-state index contributed by atoms with van der Waals surface area (Å²) in [6.07, 6.45) is 3.45. The Morgan fingerprint density at radius 2 is 2.36 bits per heavy atom. The van der Waals surface area contributed by atoms with Crippen molar-refractivity contribution < 1.29 is 0 Å². The number of nitriles is 1. The van der Waals surface area contributed by atoms with Crippen LogP contribution >= 0.6 is 0 Å². The van der Waals surface area contributed by atoms with Crippen molar-refractivity contribution in [2.24, 2.45) is 0 Å². The third-order valence-electron chi connectivity index (χ3n) is 2.01. The molecule has 14 heavy (non-hydrogen) atoms. The van der Waals surface area contributed by atoms with Crippen molar-refractivity contribution in [3.63, 3.8) is 0 Å². The number of hydrogen-bond donors (Lipinski definition) is 0. The van der Waals surface area contributed by atoms with E-state index in [1.807, 2.05) is 13.8 Å². The van der Waals surface area contributed by atoms with Crippen LogP contribution in [-0.2, 0) is 0 Å². The third kappa shape index (κ3) is 1.31. The lowest BCUT2D eigenvalue weighted by Gasteiger charge is -2.00. The van der Waals surface area contributed by atoms with E-state index in [2.05, 4.69) is 21.1 Å². The zero-order valence-corrected chi connectivity index (χ0v) is 7.97. The van der Waals surface area contributed by atoms with Crippen molar-refractivity contribution in [1.29, 1.82) is 5.26 Å². The average molecular weight is 187 g/mol. The molecule has 0 fully saturated rings. The van der Waals surface area contributed by atoms with Gasteiger partial charge in [0.2, 0.25) is 0 Å². The monoisotopic (exact) mass is 187 g/mol. The average Bonchev–Trinajstić information content (AvgIpc) is 2.55. The molecular weight excluding hydrogens is 178 g/mol.